The molecule has 0 atom stereocenters. The van der Waals surface area contributed by atoms with Crippen molar-refractivity contribution in [1.29, 1.82) is 0 Å². The van der Waals surface area contributed by atoms with Gasteiger partial charge in [0.2, 0.25) is 0 Å². The first-order chi connectivity index (χ1) is 9.65. The Morgan fingerprint density at radius 3 is 2.85 bits per heavy atom. The van der Waals surface area contributed by atoms with Crippen molar-refractivity contribution in [1.82, 2.24) is 14.8 Å². The molecule has 2 aromatic heterocycles. The predicted octanol–water partition coefficient (Wildman–Crippen LogP) is 3.29. The number of fused-ring (bicyclic) bond motifs is 1. The van der Waals surface area contributed by atoms with Crippen LogP contribution in [0.25, 0.3) is 5.52 Å². The van der Waals surface area contributed by atoms with E-state index in [0.29, 0.717) is 26.8 Å². The average molecular weight is 307 g/mol. The minimum Gasteiger partial charge on any atom is -0.321 e. The zero-order valence-corrected chi connectivity index (χ0v) is 11.6. The summed E-state index contributed by atoms with van der Waals surface area (Å²) in [5.74, 6) is -0.308. The van der Waals surface area contributed by atoms with Crippen molar-refractivity contribution in [3.8, 4) is 0 Å². The third-order valence-corrected chi connectivity index (χ3v) is 3.28. The van der Waals surface area contributed by atoms with Gasteiger partial charge < -0.3 is 5.32 Å². The van der Waals surface area contributed by atoms with Gasteiger partial charge in [-0.25, -0.2) is 0 Å². The van der Waals surface area contributed by atoms with Crippen molar-refractivity contribution in [3.05, 3.63) is 58.3 Å². The van der Waals surface area contributed by atoms with E-state index in [4.69, 9.17) is 23.2 Å². The van der Waals surface area contributed by atoms with Crippen LogP contribution in [0.15, 0.2) is 42.7 Å². The summed E-state index contributed by atoms with van der Waals surface area (Å²) in [5.41, 5.74) is 1.53. The molecule has 100 valence electrons. The van der Waals surface area contributed by atoms with Crippen LogP contribution in [-0.4, -0.2) is 20.7 Å². The summed E-state index contributed by atoms with van der Waals surface area (Å²) in [5, 5.41) is 11.6. The highest BCUT2D eigenvalue weighted by atomic mass is 35.5. The zero-order valence-electron chi connectivity index (χ0n) is 10.0. The first kappa shape index (κ1) is 12.9. The van der Waals surface area contributed by atoms with Crippen LogP contribution in [-0.2, 0) is 0 Å². The standard InChI is InChI=1S/C13H8Cl2N4O/c14-8-3-4-11(10(15)6-8)18-13(20)9-7-17-19-12(9)2-1-5-16-19/h1-7H,(H,18,20). The highest BCUT2D eigenvalue weighted by molar-refractivity contribution is 6.36. The fourth-order valence-electron chi connectivity index (χ4n) is 1.79. The summed E-state index contributed by atoms with van der Waals surface area (Å²) in [6.45, 7) is 0. The highest BCUT2D eigenvalue weighted by Gasteiger charge is 2.14. The van der Waals surface area contributed by atoms with Gasteiger partial charge in [0.15, 0.2) is 0 Å². The van der Waals surface area contributed by atoms with Gasteiger partial charge in [-0.1, -0.05) is 23.2 Å². The van der Waals surface area contributed by atoms with Gasteiger partial charge in [0.05, 0.1) is 22.5 Å². The van der Waals surface area contributed by atoms with Crippen molar-refractivity contribution < 1.29 is 4.79 Å². The predicted molar refractivity (Wildman–Crippen MR) is 77.4 cm³/mol. The van der Waals surface area contributed by atoms with Crippen LogP contribution < -0.4 is 5.32 Å². The second-order valence-corrected chi connectivity index (χ2v) is 4.88. The fraction of sp³-hybridized carbons (Fsp3) is 0. The van der Waals surface area contributed by atoms with E-state index in [1.807, 2.05) is 0 Å². The van der Waals surface area contributed by atoms with Gasteiger partial charge in [-0.05, 0) is 30.3 Å². The van der Waals surface area contributed by atoms with Gasteiger partial charge in [0, 0.05) is 11.2 Å². The highest BCUT2D eigenvalue weighted by Crippen LogP contribution is 2.26. The molecule has 0 spiro atoms. The molecule has 1 aromatic carbocycles. The number of benzene rings is 1. The molecule has 0 aliphatic carbocycles. The molecular weight excluding hydrogens is 299 g/mol. The molecular formula is C13H8Cl2N4O. The number of halogens is 2. The van der Waals surface area contributed by atoms with Gasteiger partial charge in [-0.15, -0.1) is 0 Å². The van der Waals surface area contributed by atoms with Crippen LogP contribution in [0.1, 0.15) is 10.4 Å². The maximum atomic E-state index is 12.2. The first-order valence-electron chi connectivity index (χ1n) is 5.70. The number of carbonyl (C=O) groups is 1. The third kappa shape index (κ3) is 2.33. The monoisotopic (exact) mass is 306 g/mol. The van der Waals surface area contributed by atoms with E-state index in [9.17, 15) is 4.79 Å². The molecule has 20 heavy (non-hydrogen) atoms. The Labute approximate surface area is 124 Å². The summed E-state index contributed by atoms with van der Waals surface area (Å²) in [6.07, 6.45) is 3.05. The number of amides is 1. The molecule has 0 saturated carbocycles. The van der Waals surface area contributed by atoms with E-state index in [0.717, 1.165) is 0 Å². The lowest BCUT2D eigenvalue weighted by atomic mass is 10.2. The van der Waals surface area contributed by atoms with E-state index in [-0.39, 0.29) is 5.91 Å². The van der Waals surface area contributed by atoms with Crippen molar-refractivity contribution >= 4 is 40.3 Å². The third-order valence-electron chi connectivity index (χ3n) is 2.73. The second-order valence-electron chi connectivity index (χ2n) is 4.03. The normalized spacial score (nSPS) is 10.7. The lowest BCUT2D eigenvalue weighted by Gasteiger charge is -2.06. The average Bonchev–Trinajstić information content (AvgIpc) is 2.86. The van der Waals surface area contributed by atoms with Crippen LogP contribution in [0, 0.1) is 0 Å². The second kappa shape index (κ2) is 5.11. The molecule has 0 aliphatic rings. The van der Waals surface area contributed by atoms with Crippen LogP contribution in [0.3, 0.4) is 0 Å². The number of nitrogens with zero attached hydrogens (tertiary/aromatic N) is 3. The molecule has 1 amide bonds. The molecule has 1 N–H and O–H groups in total. The lowest BCUT2D eigenvalue weighted by molar-refractivity contribution is 0.102. The summed E-state index contributed by atoms with van der Waals surface area (Å²) in [6, 6.07) is 8.37. The quantitative estimate of drug-likeness (QED) is 0.790. The molecule has 0 bridgehead atoms. The van der Waals surface area contributed by atoms with Crippen LogP contribution in [0.4, 0.5) is 5.69 Å². The summed E-state index contributed by atoms with van der Waals surface area (Å²) >= 11 is 11.8. The molecule has 2 heterocycles. The Kier molecular flexibility index (Phi) is 3.30. The zero-order chi connectivity index (χ0) is 14.1. The number of carbonyl (C=O) groups excluding carboxylic acids is 1. The smallest absolute Gasteiger partial charge is 0.259 e. The van der Waals surface area contributed by atoms with Gasteiger partial charge in [-0.3, -0.25) is 4.79 Å². The number of hydrogen-bond acceptors (Lipinski definition) is 3. The van der Waals surface area contributed by atoms with E-state index in [1.54, 1.807) is 36.5 Å². The summed E-state index contributed by atoms with van der Waals surface area (Å²) < 4.78 is 1.39. The van der Waals surface area contributed by atoms with Crippen molar-refractivity contribution in [2.24, 2.45) is 0 Å². The van der Waals surface area contributed by atoms with E-state index in [1.165, 1.54) is 10.8 Å². The molecule has 3 aromatic rings. The number of rotatable bonds is 2. The van der Waals surface area contributed by atoms with E-state index >= 15 is 0 Å². The van der Waals surface area contributed by atoms with Gasteiger partial charge in [0.1, 0.15) is 5.52 Å². The molecule has 0 saturated heterocycles. The topological polar surface area (TPSA) is 59.3 Å². The van der Waals surface area contributed by atoms with Crippen molar-refractivity contribution in [2.45, 2.75) is 0 Å². The number of nitrogens with one attached hydrogen (secondary N) is 1. The maximum Gasteiger partial charge on any atom is 0.259 e. The Bertz CT molecular complexity index is 800. The molecule has 3 rings (SSSR count). The first-order valence-corrected chi connectivity index (χ1v) is 6.46. The minimum absolute atomic E-state index is 0.308. The Morgan fingerprint density at radius 1 is 1.20 bits per heavy atom. The fourth-order valence-corrected chi connectivity index (χ4v) is 2.24. The molecule has 0 unspecified atom stereocenters. The van der Waals surface area contributed by atoms with Crippen molar-refractivity contribution in [3.63, 3.8) is 0 Å². The summed E-state index contributed by atoms with van der Waals surface area (Å²) in [4.78, 5) is 12.2. The number of aromatic nitrogens is 3. The Morgan fingerprint density at radius 2 is 2.05 bits per heavy atom. The van der Waals surface area contributed by atoms with E-state index < -0.39 is 0 Å². The Balaban J connectivity index is 1.93. The largest absolute Gasteiger partial charge is 0.321 e. The van der Waals surface area contributed by atoms with E-state index in [2.05, 4.69) is 15.5 Å². The van der Waals surface area contributed by atoms with Crippen LogP contribution >= 0.6 is 23.2 Å². The van der Waals surface area contributed by atoms with Gasteiger partial charge >= 0.3 is 0 Å². The Hall–Kier alpha value is -2.11. The molecule has 7 heteroatoms. The molecule has 0 aliphatic heterocycles. The maximum absolute atomic E-state index is 12.2. The van der Waals surface area contributed by atoms with Gasteiger partial charge in [0.25, 0.3) is 5.91 Å². The number of anilines is 1. The van der Waals surface area contributed by atoms with Gasteiger partial charge in [-0.2, -0.15) is 14.8 Å². The minimum atomic E-state index is -0.308. The molecule has 5 nitrogen and oxygen atoms in total. The lowest BCUT2D eigenvalue weighted by Crippen LogP contribution is -2.12. The molecule has 0 radical (unpaired) electrons. The summed E-state index contributed by atoms with van der Waals surface area (Å²) in [7, 11) is 0. The van der Waals surface area contributed by atoms with Crippen molar-refractivity contribution in [2.75, 3.05) is 5.32 Å². The molecule has 0 fully saturated rings. The van der Waals surface area contributed by atoms with Crippen LogP contribution in [0.5, 0.6) is 0 Å². The SMILES string of the molecule is O=C(Nc1ccc(Cl)cc1Cl)c1cnn2ncccc12. The van der Waals surface area contributed by atoms with Crippen LogP contribution in [0.2, 0.25) is 10.0 Å². The number of hydrogen-bond donors (Lipinski definition) is 1.